The highest BCUT2D eigenvalue weighted by molar-refractivity contribution is 4.74. The van der Waals surface area contributed by atoms with Crippen molar-refractivity contribution in [3.8, 4) is 0 Å². The number of hydrogen-bond acceptors (Lipinski definition) is 4. The molecule has 2 atom stereocenters. The summed E-state index contributed by atoms with van der Waals surface area (Å²) in [6.45, 7) is 1.64. The van der Waals surface area contributed by atoms with Crippen LogP contribution < -0.4 is 0 Å². The normalized spacial score (nSPS) is 33.2. The molecular formula is C14H26O4. The Morgan fingerprint density at radius 1 is 0.833 bits per heavy atom. The highest BCUT2D eigenvalue weighted by atomic mass is 17.2. The zero-order chi connectivity index (χ0) is 12.6. The van der Waals surface area contributed by atoms with Gasteiger partial charge in [-0.05, 0) is 18.8 Å². The van der Waals surface area contributed by atoms with Crippen molar-refractivity contribution in [1.82, 2.24) is 0 Å². The summed E-state index contributed by atoms with van der Waals surface area (Å²) in [5.74, 6) is 0.632. The third kappa shape index (κ3) is 4.50. The minimum Gasteiger partial charge on any atom is -0.396 e. The molecule has 2 fully saturated rings. The van der Waals surface area contributed by atoms with Crippen LogP contribution in [0.2, 0.25) is 0 Å². The van der Waals surface area contributed by atoms with E-state index in [-0.39, 0.29) is 18.6 Å². The van der Waals surface area contributed by atoms with Gasteiger partial charge in [-0.15, -0.1) is 0 Å². The molecule has 1 saturated heterocycles. The molecule has 0 radical (unpaired) electrons. The average Bonchev–Trinajstić information content (AvgIpc) is 2.30. The number of ether oxygens (including phenoxy) is 1. The van der Waals surface area contributed by atoms with Gasteiger partial charge in [0.1, 0.15) is 6.61 Å². The number of aliphatic hydroxyl groups excluding tert-OH is 1. The summed E-state index contributed by atoms with van der Waals surface area (Å²) in [6, 6.07) is 0. The third-order valence-electron chi connectivity index (χ3n) is 4.10. The number of rotatable bonds is 2. The van der Waals surface area contributed by atoms with Crippen molar-refractivity contribution in [2.24, 2.45) is 11.8 Å². The maximum Gasteiger partial charge on any atom is 0.109 e. The Hall–Kier alpha value is -0.160. The van der Waals surface area contributed by atoms with Crippen molar-refractivity contribution in [3.05, 3.63) is 0 Å². The highest BCUT2D eigenvalue weighted by Crippen LogP contribution is 2.27. The zero-order valence-electron chi connectivity index (χ0n) is 11.2. The molecule has 18 heavy (non-hydrogen) atoms. The SMILES string of the molecule is OCC1COOCC(C2CCCCCCC2)OC1. The van der Waals surface area contributed by atoms with Crippen molar-refractivity contribution in [1.29, 1.82) is 0 Å². The van der Waals surface area contributed by atoms with E-state index in [0.717, 1.165) is 0 Å². The molecule has 1 aliphatic heterocycles. The Morgan fingerprint density at radius 2 is 1.50 bits per heavy atom. The van der Waals surface area contributed by atoms with Gasteiger partial charge in [0.2, 0.25) is 0 Å². The van der Waals surface area contributed by atoms with Gasteiger partial charge in [0, 0.05) is 5.92 Å². The molecule has 4 nitrogen and oxygen atoms in total. The Balaban J connectivity index is 1.84. The van der Waals surface area contributed by atoms with Crippen LogP contribution in [0.15, 0.2) is 0 Å². The van der Waals surface area contributed by atoms with Crippen molar-refractivity contribution in [2.75, 3.05) is 26.4 Å². The molecule has 0 aromatic carbocycles. The molecule has 2 unspecified atom stereocenters. The molecule has 0 bridgehead atoms. The molecule has 0 aromatic heterocycles. The molecule has 0 aromatic rings. The fraction of sp³-hybridized carbons (Fsp3) is 1.00. The van der Waals surface area contributed by atoms with Crippen LogP contribution in [0.5, 0.6) is 0 Å². The third-order valence-corrected chi connectivity index (χ3v) is 4.10. The van der Waals surface area contributed by atoms with Gasteiger partial charge in [-0.1, -0.05) is 32.1 Å². The molecule has 1 saturated carbocycles. The Morgan fingerprint density at radius 3 is 2.22 bits per heavy atom. The molecule has 2 rings (SSSR count). The predicted molar refractivity (Wildman–Crippen MR) is 68.0 cm³/mol. The first-order chi connectivity index (χ1) is 8.90. The first-order valence-corrected chi connectivity index (χ1v) is 7.37. The first-order valence-electron chi connectivity index (χ1n) is 7.37. The molecule has 0 amide bonds. The van der Waals surface area contributed by atoms with Crippen molar-refractivity contribution in [2.45, 2.75) is 51.0 Å². The Labute approximate surface area is 110 Å². The summed E-state index contributed by atoms with van der Waals surface area (Å²) < 4.78 is 5.96. The molecule has 4 heteroatoms. The number of aliphatic hydroxyl groups is 1. The summed E-state index contributed by atoms with van der Waals surface area (Å²) in [6.07, 6.45) is 9.28. The Bertz CT molecular complexity index is 214. The van der Waals surface area contributed by atoms with Crippen LogP contribution >= 0.6 is 0 Å². The van der Waals surface area contributed by atoms with E-state index < -0.39 is 0 Å². The van der Waals surface area contributed by atoms with E-state index in [1.165, 1.54) is 44.9 Å². The number of hydrogen-bond donors (Lipinski definition) is 1. The lowest BCUT2D eigenvalue weighted by Gasteiger charge is -2.31. The quantitative estimate of drug-likeness (QED) is 0.772. The van der Waals surface area contributed by atoms with Gasteiger partial charge < -0.3 is 9.84 Å². The highest BCUT2D eigenvalue weighted by Gasteiger charge is 2.26. The van der Waals surface area contributed by atoms with Gasteiger partial charge >= 0.3 is 0 Å². The summed E-state index contributed by atoms with van der Waals surface area (Å²) in [7, 11) is 0. The minimum absolute atomic E-state index is 0.0429. The molecule has 106 valence electrons. The fourth-order valence-corrected chi connectivity index (χ4v) is 2.85. The Kier molecular flexibility index (Phi) is 6.41. The second-order valence-corrected chi connectivity index (χ2v) is 5.59. The largest absolute Gasteiger partial charge is 0.396 e. The van der Waals surface area contributed by atoms with E-state index in [9.17, 15) is 5.11 Å². The van der Waals surface area contributed by atoms with Crippen LogP contribution in [0.1, 0.15) is 44.9 Å². The monoisotopic (exact) mass is 258 g/mol. The van der Waals surface area contributed by atoms with E-state index >= 15 is 0 Å². The molecule has 1 heterocycles. The van der Waals surface area contributed by atoms with Gasteiger partial charge in [-0.3, -0.25) is 0 Å². The standard InChI is InChI=1S/C14H26O4/c15-8-12-9-16-14(11-18-17-10-12)13-6-4-2-1-3-5-7-13/h12-15H,1-11H2. The first kappa shape index (κ1) is 14.3. The summed E-state index contributed by atoms with van der Waals surface area (Å²) in [4.78, 5) is 10.3. The second-order valence-electron chi connectivity index (χ2n) is 5.59. The second kappa shape index (κ2) is 8.10. The lowest BCUT2D eigenvalue weighted by atomic mass is 9.87. The topological polar surface area (TPSA) is 47.9 Å². The van der Waals surface area contributed by atoms with Crippen LogP contribution in [-0.2, 0) is 14.5 Å². The summed E-state index contributed by atoms with van der Waals surface area (Å²) >= 11 is 0. The minimum atomic E-state index is 0.0429. The van der Waals surface area contributed by atoms with Gasteiger partial charge in [-0.25, -0.2) is 9.78 Å². The van der Waals surface area contributed by atoms with E-state index in [1.54, 1.807) is 0 Å². The zero-order valence-corrected chi connectivity index (χ0v) is 11.2. The van der Waals surface area contributed by atoms with Crippen LogP contribution in [0.3, 0.4) is 0 Å². The van der Waals surface area contributed by atoms with E-state index in [2.05, 4.69) is 0 Å². The van der Waals surface area contributed by atoms with Crippen molar-refractivity contribution in [3.63, 3.8) is 0 Å². The average molecular weight is 258 g/mol. The summed E-state index contributed by atoms with van der Waals surface area (Å²) in [5.41, 5.74) is 0. The van der Waals surface area contributed by atoms with Gasteiger partial charge in [0.15, 0.2) is 0 Å². The molecule has 1 N–H and O–H groups in total. The van der Waals surface area contributed by atoms with Crippen LogP contribution in [-0.4, -0.2) is 37.6 Å². The smallest absolute Gasteiger partial charge is 0.109 e. The van der Waals surface area contributed by atoms with Crippen molar-refractivity contribution >= 4 is 0 Å². The maximum atomic E-state index is 9.17. The molecular weight excluding hydrogens is 232 g/mol. The lowest BCUT2D eigenvalue weighted by Crippen LogP contribution is -2.35. The van der Waals surface area contributed by atoms with Crippen molar-refractivity contribution < 1.29 is 19.6 Å². The lowest BCUT2D eigenvalue weighted by molar-refractivity contribution is -0.331. The van der Waals surface area contributed by atoms with Gasteiger partial charge in [-0.2, -0.15) is 0 Å². The predicted octanol–water partition coefficient (Wildman–Crippen LogP) is 2.30. The summed E-state index contributed by atoms with van der Waals surface area (Å²) in [5, 5.41) is 9.17. The van der Waals surface area contributed by atoms with E-state index in [0.29, 0.717) is 25.7 Å². The van der Waals surface area contributed by atoms with E-state index in [1.807, 2.05) is 0 Å². The molecule has 1 aliphatic carbocycles. The van der Waals surface area contributed by atoms with E-state index in [4.69, 9.17) is 14.5 Å². The van der Waals surface area contributed by atoms with Gasteiger partial charge in [0.05, 0.1) is 25.9 Å². The maximum absolute atomic E-state index is 9.17. The van der Waals surface area contributed by atoms with Crippen LogP contribution in [0.4, 0.5) is 0 Å². The van der Waals surface area contributed by atoms with Crippen LogP contribution in [0, 0.1) is 11.8 Å². The fourth-order valence-electron chi connectivity index (χ4n) is 2.85. The molecule has 2 aliphatic rings. The van der Waals surface area contributed by atoms with Gasteiger partial charge in [0.25, 0.3) is 0 Å². The van der Waals surface area contributed by atoms with Crippen LogP contribution in [0.25, 0.3) is 0 Å². The molecule has 0 spiro atoms.